The van der Waals surface area contributed by atoms with E-state index in [-0.39, 0.29) is 0 Å². The quantitative estimate of drug-likeness (QED) is 0.618. The zero-order valence-electron chi connectivity index (χ0n) is 11.0. The molecule has 0 bridgehead atoms. The van der Waals surface area contributed by atoms with Crippen LogP contribution in [0.15, 0.2) is 33.7 Å². The highest BCUT2D eigenvalue weighted by Crippen LogP contribution is 2.24. The van der Waals surface area contributed by atoms with Gasteiger partial charge in [0.2, 0.25) is 0 Å². The maximum atomic E-state index is 11.1. The lowest BCUT2D eigenvalue weighted by Crippen LogP contribution is -2.06. The molecule has 1 aromatic carbocycles. The van der Waals surface area contributed by atoms with Crippen LogP contribution < -0.4 is 16.8 Å². The Bertz CT molecular complexity index is 799. The molecule has 0 amide bonds. The van der Waals surface area contributed by atoms with Crippen molar-refractivity contribution in [2.75, 3.05) is 17.6 Å². The number of nitrogen functional groups attached to an aromatic ring is 1. The predicted molar refractivity (Wildman–Crippen MR) is 76.6 cm³/mol. The Balaban J connectivity index is 1.73. The van der Waals surface area contributed by atoms with E-state index in [1.807, 2.05) is 19.4 Å². The second-order valence-corrected chi connectivity index (χ2v) is 4.65. The molecule has 7 nitrogen and oxygen atoms in total. The third kappa shape index (κ3) is 2.37. The number of anilines is 2. The number of nitrogens with zero attached hydrogens (tertiary/aromatic N) is 2. The van der Waals surface area contributed by atoms with Crippen molar-refractivity contribution < 1.29 is 4.42 Å². The molecule has 0 aliphatic carbocycles. The van der Waals surface area contributed by atoms with Crippen LogP contribution in [-0.4, -0.2) is 21.3 Å². The second-order valence-electron chi connectivity index (χ2n) is 4.65. The summed E-state index contributed by atoms with van der Waals surface area (Å²) in [6, 6.07) is 3.42. The Morgan fingerprint density at radius 1 is 1.50 bits per heavy atom. The molecule has 0 spiro atoms. The van der Waals surface area contributed by atoms with Crippen molar-refractivity contribution in [3.63, 3.8) is 0 Å². The van der Waals surface area contributed by atoms with Crippen LogP contribution in [0, 0.1) is 0 Å². The van der Waals surface area contributed by atoms with Crippen LogP contribution in [0.1, 0.15) is 5.56 Å². The maximum Gasteiger partial charge on any atom is 0.417 e. The number of fused-ring (bicyclic) bond motifs is 1. The number of benzene rings is 1. The van der Waals surface area contributed by atoms with Gasteiger partial charge in [0.25, 0.3) is 0 Å². The molecule has 3 rings (SSSR count). The molecule has 104 valence electrons. The molecule has 20 heavy (non-hydrogen) atoms. The first-order valence-corrected chi connectivity index (χ1v) is 6.25. The van der Waals surface area contributed by atoms with Crippen LogP contribution >= 0.6 is 0 Å². The van der Waals surface area contributed by atoms with Gasteiger partial charge in [-0.05, 0) is 18.1 Å². The van der Waals surface area contributed by atoms with Gasteiger partial charge in [0, 0.05) is 25.9 Å². The molecular formula is C13H15N5O2. The van der Waals surface area contributed by atoms with Gasteiger partial charge < -0.3 is 15.5 Å². The van der Waals surface area contributed by atoms with Crippen LogP contribution in [0.4, 0.5) is 11.4 Å². The van der Waals surface area contributed by atoms with Gasteiger partial charge in [0.1, 0.15) is 0 Å². The minimum Gasteiger partial charge on any atom is -0.408 e. The molecule has 0 atom stereocenters. The fourth-order valence-corrected chi connectivity index (χ4v) is 2.11. The summed E-state index contributed by atoms with van der Waals surface area (Å²) in [6.45, 7) is 0.726. The van der Waals surface area contributed by atoms with Gasteiger partial charge in [0.15, 0.2) is 5.58 Å². The molecule has 2 aromatic heterocycles. The molecule has 0 radical (unpaired) electrons. The summed E-state index contributed by atoms with van der Waals surface area (Å²) >= 11 is 0. The van der Waals surface area contributed by atoms with Crippen LogP contribution in [0.3, 0.4) is 0 Å². The van der Waals surface area contributed by atoms with Gasteiger partial charge in [0.05, 0.1) is 23.1 Å². The summed E-state index contributed by atoms with van der Waals surface area (Å²) in [7, 11) is 1.89. The van der Waals surface area contributed by atoms with Crippen molar-refractivity contribution >= 4 is 22.5 Å². The third-order valence-corrected chi connectivity index (χ3v) is 3.08. The molecule has 0 aliphatic heterocycles. The number of hydrogen-bond acceptors (Lipinski definition) is 5. The van der Waals surface area contributed by atoms with E-state index in [9.17, 15) is 4.79 Å². The Morgan fingerprint density at radius 3 is 3.10 bits per heavy atom. The van der Waals surface area contributed by atoms with Crippen LogP contribution in [0.25, 0.3) is 11.1 Å². The van der Waals surface area contributed by atoms with E-state index >= 15 is 0 Å². The minimum atomic E-state index is -0.480. The van der Waals surface area contributed by atoms with Gasteiger partial charge in [-0.3, -0.25) is 9.67 Å². The number of nitrogens with two attached hydrogens (primary N) is 1. The van der Waals surface area contributed by atoms with E-state index < -0.39 is 5.76 Å². The molecule has 0 aliphatic rings. The van der Waals surface area contributed by atoms with Gasteiger partial charge in [-0.2, -0.15) is 5.10 Å². The summed E-state index contributed by atoms with van der Waals surface area (Å²) in [4.78, 5) is 13.7. The van der Waals surface area contributed by atoms with Crippen LogP contribution in [-0.2, 0) is 13.5 Å². The van der Waals surface area contributed by atoms with Crippen molar-refractivity contribution in [1.29, 1.82) is 0 Å². The van der Waals surface area contributed by atoms with E-state index in [0.29, 0.717) is 16.8 Å². The fourth-order valence-electron chi connectivity index (χ4n) is 2.11. The molecule has 0 fully saturated rings. The lowest BCUT2D eigenvalue weighted by molar-refractivity contribution is 0.555. The summed E-state index contributed by atoms with van der Waals surface area (Å²) < 4.78 is 6.72. The zero-order valence-corrected chi connectivity index (χ0v) is 11.0. The zero-order chi connectivity index (χ0) is 14.1. The van der Waals surface area contributed by atoms with Crippen molar-refractivity contribution in [2.45, 2.75) is 6.42 Å². The van der Waals surface area contributed by atoms with E-state index in [1.54, 1.807) is 16.8 Å². The van der Waals surface area contributed by atoms with Crippen LogP contribution in [0.2, 0.25) is 0 Å². The lowest BCUT2D eigenvalue weighted by Gasteiger charge is -2.08. The van der Waals surface area contributed by atoms with Crippen molar-refractivity contribution in [1.82, 2.24) is 14.8 Å². The molecule has 7 heteroatoms. The lowest BCUT2D eigenvalue weighted by atomic mass is 10.2. The number of H-pyrrole nitrogens is 1. The van der Waals surface area contributed by atoms with E-state index in [2.05, 4.69) is 15.4 Å². The Morgan fingerprint density at radius 2 is 2.35 bits per heavy atom. The smallest absolute Gasteiger partial charge is 0.408 e. The van der Waals surface area contributed by atoms with Gasteiger partial charge in [-0.15, -0.1) is 0 Å². The van der Waals surface area contributed by atoms with Gasteiger partial charge in [-0.25, -0.2) is 4.79 Å². The summed E-state index contributed by atoms with van der Waals surface area (Å²) in [5.41, 5.74) is 9.49. The topological polar surface area (TPSA) is 102 Å². The summed E-state index contributed by atoms with van der Waals surface area (Å²) in [6.07, 6.45) is 4.65. The Kier molecular flexibility index (Phi) is 2.94. The Hall–Kier alpha value is -2.70. The summed E-state index contributed by atoms with van der Waals surface area (Å²) in [5, 5.41) is 7.36. The van der Waals surface area contributed by atoms with Gasteiger partial charge >= 0.3 is 5.76 Å². The Labute approximate surface area is 114 Å². The number of hydrogen-bond donors (Lipinski definition) is 3. The van der Waals surface area contributed by atoms with Crippen molar-refractivity contribution in [3.05, 3.63) is 40.6 Å². The number of oxazole rings is 1. The average Bonchev–Trinajstić information content (AvgIpc) is 2.95. The largest absolute Gasteiger partial charge is 0.417 e. The monoisotopic (exact) mass is 273 g/mol. The first-order valence-electron chi connectivity index (χ1n) is 6.25. The first-order chi connectivity index (χ1) is 9.61. The summed E-state index contributed by atoms with van der Waals surface area (Å²) in [5.74, 6) is -0.480. The third-order valence-electron chi connectivity index (χ3n) is 3.08. The van der Waals surface area contributed by atoms with E-state index in [1.165, 1.54) is 0 Å². The number of aromatic amines is 1. The molecule has 0 unspecified atom stereocenters. The molecule has 2 heterocycles. The number of aromatic nitrogens is 3. The van der Waals surface area contributed by atoms with Gasteiger partial charge in [-0.1, -0.05) is 0 Å². The molecular weight excluding hydrogens is 258 g/mol. The normalized spacial score (nSPS) is 11.1. The maximum absolute atomic E-state index is 11.1. The second kappa shape index (κ2) is 4.76. The molecule has 0 saturated carbocycles. The molecule has 4 N–H and O–H groups in total. The number of rotatable bonds is 4. The average molecular weight is 273 g/mol. The van der Waals surface area contributed by atoms with E-state index in [0.717, 1.165) is 24.2 Å². The fraction of sp³-hybridized carbons (Fsp3) is 0.231. The molecule has 3 aromatic rings. The highest BCUT2D eigenvalue weighted by molar-refractivity contribution is 5.85. The predicted octanol–water partition coefficient (Wildman–Crippen LogP) is 1.09. The first kappa shape index (κ1) is 12.3. The number of nitrogens with one attached hydrogen (secondary N) is 2. The molecule has 0 saturated heterocycles. The highest BCUT2D eigenvalue weighted by atomic mass is 16.4. The number of aryl methyl sites for hydroxylation is 1. The standard InChI is InChI=1S/C13H15N5O2/c1-18-7-8(6-16-18)2-3-15-10-5-11-12(4-9(10)14)20-13(19)17-11/h4-7,15H,2-3,14H2,1H3,(H,17,19). The van der Waals surface area contributed by atoms with Crippen molar-refractivity contribution in [2.24, 2.45) is 7.05 Å². The minimum absolute atomic E-state index is 0.463. The van der Waals surface area contributed by atoms with Crippen molar-refractivity contribution in [3.8, 4) is 0 Å². The highest BCUT2D eigenvalue weighted by Gasteiger charge is 2.06. The van der Waals surface area contributed by atoms with Crippen LogP contribution in [0.5, 0.6) is 0 Å². The SMILES string of the molecule is Cn1cc(CCNc2cc3[nH]c(=O)oc3cc2N)cn1. The van der Waals surface area contributed by atoms with E-state index in [4.69, 9.17) is 10.2 Å².